The van der Waals surface area contributed by atoms with Crippen LogP contribution in [-0.2, 0) is 16.1 Å². The topological polar surface area (TPSA) is 64.4 Å². The molecule has 0 aromatic carbocycles. The van der Waals surface area contributed by atoms with Crippen LogP contribution in [0.5, 0.6) is 0 Å². The lowest BCUT2D eigenvalue weighted by Crippen LogP contribution is -2.43. The van der Waals surface area contributed by atoms with Gasteiger partial charge in [-0.1, -0.05) is 0 Å². The molecule has 1 aliphatic heterocycles. The molecule has 2 rings (SSSR count). The zero-order valence-electron chi connectivity index (χ0n) is 9.76. The van der Waals surface area contributed by atoms with E-state index in [0.717, 1.165) is 5.69 Å². The summed E-state index contributed by atoms with van der Waals surface area (Å²) < 4.78 is 6.37. The van der Waals surface area contributed by atoms with E-state index in [4.69, 9.17) is 4.74 Å². The molecule has 6 nitrogen and oxygen atoms in total. The van der Waals surface area contributed by atoms with Gasteiger partial charge in [0.05, 0.1) is 18.9 Å². The number of amides is 1. The molecule has 1 aliphatic rings. The van der Waals surface area contributed by atoms with Crippen LogP contribution in [0.1, 0.15) is 5.69 Å². The molecule has 1 aromatic rings. The van der Waals surface area contributed by atoms with Crippen molar-refractivity contribution in [2.45, 2.75) is 13.5 Å². The summed E-state index contributed by atoms with van der Waals surface area (Å²) in [5.74, 6) is -0.0894. The molecule has 0 unspecified atom stereocenters. The first-order valence-electron chi connectivity index (χ1n) is 5.57. The fourth-order valence-electron chi connectivity index (χ4n) is 1.71. The van der Waals surface area contributed by atoms with Gasteiger partial charge in [0.25, 0.3) is 5.56 Å². The van der Waals surface area contributed by atoms with Gasteiger partial charge < -0.3 is 9.64 Å². The van der Waals surface area contributed by atoms with Crippen molar-refractivity contribution in [2.75, 3.05) is 26.3 Å². The van der Waals surface area contributed by atoms with Gasteiger partial charge in [0, 0.05) is 19.2 Å². The molecule has 1 aromatic heterocycles. The summed E-state index contributed by atoms with van der Waals surface area (Å²) in [7, 11) is 0. The van der Waals surface area contributed by atoms with Crippen LogP contribution in [0.15, 0.2) is 16.9 Å². The van der Waals surface area contributed by atoms with Gasteiger partial charge in [-0.3, -0.25) is 9.59 Å². The molecule has 2 heterocycles. The minimum absolute atomic E-state index is 0.000509. The number of rotatable bonds is 2. The van der Waals surface area contributed by atoms with E-state index in [9.17, 15) is 9.59 Å². The number of hydrogen-bond donors (Lipinski definition) is 0. The molecule has 1 fully saturated rings. The van der Waals surface area contributed by atoms with E-state index in [1.807, 2.05) is 0 Å². The zero-order chi connectivity index (χ0) is 12.3. The zero-order valence-corrected chi connectivity index (χ0v) is 9.76. The molecule has 6 heteroatoms. The number of carbonyl (C=O) groups excluding carboxylic acids is 1. The van der Waals surface area contributed by atoms with Crippen molar-refractivity contribution >= 4 is 5.91 Å². The number of ether oxygens (including phenoxy) is 1. The van der Waals surface area contributed by atoms with Gasteiger partial charge in [-0.2, -0.15) is 5.10 Å². The summed E-state index contributed by atoms with van der Waals surface area (Å²) in [6.45, 7) is 4.07. The van der Waals surface area contributed by atoms with Crippen molar-refractivity contribution in [1.82, 2.24) is 14.7 Å². The Kier molecular flexibility index (Phi) is 3.53. The van der Waals surface area contributed by atoms with Crippen LogP contribution in [0, 0.1) is 6.92 Å². The second-order valence-electron chi connectivity index (χ2n) is 3.96. The number of aryl methyl sites for hydroxylation is 1. The molecule has 17 heavy (non-hydrogen) atoms. The Balaban J connectivity index is 2.07. The molecule has 0 radical (unpaired) electrons. The van der Waals surface area contributed by atoms with Gasteiger partial charge in [0.1, 0.15) is 6.54 Å². The fraction of sp³-hybridized carbons (Fsp3) is 0.545. The van der Waals surface area contributed by atoms with Gasteiger partial charge in [0.15, 0.2) is 0 Å². The lowest BCUT2D eigenvalue weighted by atomic mass is 10.4. The summed E-state index contributed by atoms with van der Waals surface area (Å²) in [6, 6.07) is 3.06. The van der Waals surface area contributed by atoms with Gasteiger partial charge in [0.2, 0.25) is 5.91 Å². The largest absolute Gasteiger partial charge is 0.378 e. The smallest absolute Gasteiger partial charge is 0.267 e. The van der Waals surface area contributed by atoms with Crippen LogP contribution in [0.25, 0.3) is 0 Å². The molecule has 0 atom stereocenters. The maximum absolute atomic E-state index is 11.9. The summed E-state index contributed by atoms with van der Waals surface area (Å²) in [5, 5.41) is 4.03. The van der Waals surface area contributed by atoms with Gasteiger partial charge >= 0.3 is 0 Å². The van der Waals surface area contributed by atoms with E-state index >= 15 is 0 Å². The van der Waals surface area contributed by atoms with Crippen LogP contribution in [0.4, 0.5) is 0 Å². The van der Waals surface area contributed by atoms with Crippen LogP contribution in [0.2, 0.25) is 0 Å². The minimum Gasteiger partial charge on any atom is -0.378 e. The van der Waals surface area contributed by atoms with Crippen molar-refractivity contribution in [3.8, 4) is 0 Å². The van der Waals surface area contributed by atoms with Crippen molar-refractivity contribution in [1.29, 1.82) is 0 Å². The molecule has 0 N–H and O–H groups in total. The summed E-state index contributed by atoms with van der Waals surface area (Å²) in [6.07, 6.45) is 0. The number of hydrogen-bond acceptors (Lipinski definition) is 4. The quantitative estimate of drug-likeness (QED) is 0.689. The third-order valence-corrected chi connectivity index (χ3v) is 2.65. The third-order valence-electron chi connectivity index (χ3n) is 2.65. The van der Waals surface area contributed by atoms with Crippen molar-refractivity contribution in [3.05, 3.63) is 28.2 Å². The van der Waals surface area contributed by atoms with Crippen molar-refractivity contribution in [3.63, 3.8) is 0 Å². The van der Waals surface area contributed by atoms with Crippen molar-refractivity contribution < 1.29 is 9.53 Å². The van der Waals surface area contributed by atoms with Crippen LogP contribution < -0.4 is 5.56 Å². The Morgan fingerprint density at radius 2 is 2.12 bits per heavy atom. The molecule has 92 valence electrons. The molecule has 0 saturated carbocycles. The fourth-order valence-corrected chi connectivity index (χ4v) is 1.71. The number of aromatic nitrogens is 2. The second kappa shape index (κ2) is 5.09. The first-order valence-corrected chi connectivity index (χ1v) is 5.57. The number of nitrogens with zero attached hydrogens (tertiary/aromatic N) is 3. The maximum atomic E-state index is 11.9. The highest BCUT2D eigenvalue weighted by atomic mass is 16.5. The van der Waals surface area contributed by atoms with Gasteiger partial charge in [-0.25, -0.2) is 4.68 Å². The van der Waals surface area contributed by atoms with Crippen molar-refractivity contribution in [2.24, 2.45) is 0 Å². The van der Waals surface area contributed by atoms with Crippen LogP contribution >= 0.6 is 0 Å². The predicted molar refractivity (Wildman–Crippen MR) is 60.6 cm³/mol. The average molecular weight is 237 g/mol. The van der Waals surface area contributed by atoms with E-state index in [1.165, 1.54) is 10.7 Å². The van der Waals surface area contributed by atoms with Crippen LogP contribution in [0.3, 0.4) is 0 Å². The molecular weight excluding hydrogens is 222 g/mol. The van der Waals surface area contributed by atoms with E-state index in [-0.39, 0.29) is 18.0 Å². The minimum atomic E-state index is -0.253. The molecule has 0 spiro atoms. The van der Waals surface area contributed by atoms with E-state index in [1.54, 1.807) is 17.9 Å². The Morgan fingerprint density at radius 1 is 1.41 bits per heavy atom. The highest BCUT2D eigenvalue weighted by Gasteiger charge is 2.17. The standard InChI is InChI=1S/C11H15N3O3/c1-9-2-3-10(15)14(12-9)8-11(16)13-4-6-17-7-5-13/h2-3H,4-8H2,1H3. The number of morpholine rings is 1. The monoisotopic (exact) mass is 237 g/mol. The Morgan fingerprint density at radius 3 is 2.82 bits per heavy atom. The molecular formula is C11H15N3O3. The molecule has 0 bridgehead atoms. The molecule has 1 amide bonds. The lowest BCUT2D eigenvalue weighted by molar-refractivity contribution is -0.136. The summed E-state index contributed by atoms with van der Waals surface area (Å²) in [5.41, 5.74) is 0.469. The highest BCUT2D eigenvalue weighted by molar-refractivity contribution is 5.75. The first kappa shape index (κ1) is 11.8. The normalized spacial score (nSPS) is 15.9. The molecule has 0 aliphatic carbocycles. The Hall–Kier alpha value is -1.69. The first-order chi connectivity index (χ1) is 8.16. The van der Waals surface area contributed by atoms with E-state index in [0.29, 0.717) is 26.3 Å². The summed E-state index contributed by atoms with van der Waals surface area (Å²) >= 11 is 0. The Labute approximate surface area is 98.8 Å². The summed E-state index contributed by atoms with van der Waals surface area (Å²) in [4.78, 5) is 25.1. The third kappa shape index (κ3) is 2.91. The van der Waals surface area contributed by atoms with Gasteiger partial charge in [-0.15, -0.1) is 0 Å². The van der Waals surface area contributed by atoms with Crippen LogP contribution in [-0.4, -0.2) is 46.9 Å². The van der Waals surface area contributed by atoms with E-state index in [2.05, 4.69) is 5.10 Å². The lowest BCUT2D eigenvalue weighted by Gasteiger charge is -2.26. The second-order valence-corrected chi connectivity index (χ2v) is 3.96. The Bertz CT molecular complexity index is 463. The highest BCUT2D eigenvalue weighted by Crippen LogP contribution is 1.98. The van der Waals surface area contributed by atoms with E-state index < -0.39 is 0 Å². The molecule has 1 saturated heterocycles. The predicted octanol–water partition coefficient (Wildman–Crippen LogP) is -0.589. The number of carbonyl (C=O) groups is 1. The maximum Gasteiger partial charge on any atom is 0.267 e. The van der Waals surface area contributed by atoms with Gasteiger partial charge in [-0.05, 0) is 13.0 Å². The average Bonchev–Trinajstić information content (AvgIpc) is 2.35. The SMILES string of the molecule is Cc1ccc(=O)n(CC(=O)N2CCOCC2)n1.